The molecule has 0 radical (unpaired) electrons. The second-order valence-corrected chi connectivity index (χ2v) is 3.60. The van der Waals surface area contributed by atoms with Gasteiger partial charge >= 0.3 is 0 Å². The molecule has 16 heavy (non-hydrogen) atoms. The summed E-state index contributed by atoms with van der Waals surface area (Å²) in [7, 11) is 0. The number of hydrogen-bond acceptors (Lipinski definition) is 0. The van der Waals surface area contributed by atoms with E-state index >= 15 is 0 Å². The molecule has 0 amide bonds. The van der Waals surface area contributed by atoms with Gasteiger partial charge in [-0.05, 0) is 16.3 Å². The van der Waals surface area contributed by atoms with Crippen LogP contribution in [0.5, 0.6) is 0 Å². The SMILES string of the molecule is FCC#CCC(CC#CCF)CCC#CI. The van der Waals surface area contributed by atoms with Gasteiger partial charge in [0.1, 0.15) is 13.3 Å². The van der Waals surface area contributed by atoms with Crippen molar-refractivity contribution in [2.75, 3.05) is 13.3 Å². The van der Waals surface area contributed by atoms with E-state index in [-0.39, 0.29) is 5.92 Å². The highest BCUT2D eigenvalue weighted by Crippen LogP contribution is 2.14. The van der Waals surface area contributed by atoms with Gasteiger partial charge < -0.3 is 0 Å². The van der Waals surface area contributed by atoms with Crippen molar-refractivity contribution in [2.45, 2.75) is 25.7 Å². The van der Waals surface area contributed by atoms with Crippen molar-refractivity contribution < 1.29 is 8.78 Å². The van der Waals surface area contributed by atoms with Crippen LogP contribution in [0, 0.1) is 39.4 Å². The number of rotatable bonds is 4. The van der Waals surface area contributed by atoms with E-state index in [2.05, 4.69) is 33.5 Å². The Morgan fingerprint density at radius 3 is 1.88 bits per heavy atom. The molecular formula is C13H13F2I. The van der Waals surface area contributed by atoms with E-state index in [0.717, 1.165) is 12.8 Å². The fourth-order valence-electron chi connectivity index (χ4n) is 1.13. The maximum atomic E-state index is 11.8. The van der Waals surface area contributed by atoms with Gasteiger partial charge in [-0.25, -0.2) is 8.78 Å². The second kappa shape index (κ2) is 12.3. The van der Waals surface area contributed by atoms with Gasteiger partial charge in [0.05, 0.1) is 0 Å². The Hall–Kier alpha value is -0.730. The molecule has 0 bridgehead atoms. The van der Waals surface area contributed by atoms with Gasteiger partial charge in [0.2, 0.25) is 0 Å². The standard InChI is InChI=1S/C13H13F2I/c14-10-4-1-7-13(8-2-5-11-15)9-3-6-12-16/h13H,3,7-11H2. The third kappa shape index (κ3) is 9.81. The molecule has 0 fully saturated rings. The molecule has 0 saturated carbocycles. The summed E-state index contributed by atoms with van der Waals surface area (Å²) >= 11 is 1.99. The third-order valence-corrected chi connectivity index (χ3v) is 2.29. The van der Waals surface area contributed by atoms with E-state index in [1.54, 1.807) is 0 Å². The van der Waals surface area contributed by atoms with Gasteiger partial charge in [-0.3, -0.25) is 0 Å². The van der Waals surface area contributed by atoms with Crippen molar-refractivity contribution in [2.24, 2.45) is 5.92 Å². The first kappa shape index (κ1) is 15.3. The Labute approximate surface area is 110 Å². The minimum absolute atomic E-state index is 0.260. The highest BCUT2D eigenvalue weighted by molar-refractivity contribution is 14.1. The van der Waals surface area contributed by atoms with E-state index in [0.29, 0.717) is 12.8 Å². The Balaban J connectivity index is 4.07. The lowest BCUT2D eigenvalue weighted by molar-refractivity contribution is 0.518. The minimum atomic E-state index is -0.615. The van der Waals surface area contributed by atoms with Crippen molar-refractivity contribution >= 4 is 22.6 Å². The molecule has 0 aliphatic carbocycles. The highest BCUT2D eigenvalue weighted by atomic mass is 127. The quantitative estimate of drug-likeness (QED) is 0.545. The lowest BCUT2D eigenvalue weighted by Crippen LogP contribution is -1.98. The van der Waals surface area contributed by atoms with Crippen LogP contribution in [0.4, 0.5) is 8.78 Å². The average molecular weight is 334 g/mol. The lowest BCUT2D eigenvalue weighted by Gasteiger charge is -2.07. The second-order valence-electron chi connectivity index (χ2n) is 3.06. The fourth-order valence-corrected chi connectivity index (χ4v) is 1.40. The molecule has 0 saturated heterocycles. The van der Waals surface area contributed by atoms with Crippen LogP contribution in [0.3, 0.4) is 0 Å². The van der Waals surface area contributed by atoms with Crippen LogP contribution in [0.15, 0.2) is 0 Å². The van der Waals surface area contributed by atoms with Gasteiger partial charge in [-0.1, -0.05) is 17.8 Å². The zero-order valence-electron chi connectivity index (χ0n) is 8.95. The van der Waals surface area contributed by atoms with E-state index < -0.39 is 13.3 Å². The Bertz CT molecular complexity index is 319. The molecule has 0 aromatic carbocycles. The summed E-state index contributed by atoms with van der Waals surface area (Å²) in [4.78, 5) is 0. The first-order chi connectivity index (χ1) is 7.85. The van der Waals surface area contributed by atoms with Gasteiger partial charge in [-0.2, -0.15) is 0 Å². The maximum Gasteiger partial charge on any atom is 0.150 e. The zero-order valence-corrected chi connectivity index (χ0v) is 11.1. The first-order valence-electron chi connectivity index (χ1n) is 4.97. The van der Waals surface area contributed by atoms with Crippen LogP contribution < -0.4 is 0 Å². The summed E-state index contributed by atoms with van der Waals surface area (Å²) in [6.45, 7) is -1.23. The molecule has 0 heterocycles. The molecule has 3 heteroatoms. The van der Waals surface area contributed by atoms with E-state index in [1.165, 1.54) is 0 Å². The number of hydrogen-bond donors (Lipinski definition) is 0. The molecule has 0 spiro atoms. The molecule has 0 N–H and O–H groups in total. The molecule has 86 valence electrons. The van der Waals surface area contributed by atoms with Crippen LogP contribution in [-0.2, 0) is 0 Å². The molecule has 0 nitrogen and oxygen atoms in total. The smallest absolute Gasteiger partial charge is 0.150 e. The highest BCUT2D eigenvalue weighted by Gasteiger charge is 2.04. The van der Waals surface area contributed by atoms with Crippen LogP contribution in [0.1, 0.15) is 25.7 Å². The first-order valence-corrected chi connectivity index (χ1v) is 6.04. The summed E-state index contributed by atoms with van der Waals surface area (Å²) in [6, 6.07) is 0. The van der Waals surface area contributed by atoms with E-state index in [4.69, 9.17) is 0 Å². The summed E-state index contributed by atoms with van der Waals surface area (Å²) in [5.41, 5.74) is 0. The lowest BCUT2D eigenvalue weighted by atomic mass is 9.96. The van der Waals surface area contributed by atoms with Crippen LogP contribution >= 0.6 is 22.6 Å². The van der Waals surface area contributed by atoms with E-state index in [1.807, 2.05) is 22.6 Å². The molecule has 0 rings (SSSR count). The summed E-state index contributed by atoms with van der Waals surface area (Å²) in [6.07, 6.45) is 2.86. The summed E-state index contributed by atoms with van der Waals surface area (Å²) < 4.78 is 26.4. The van der Waals surface area contributed by atoms with Gasteiger partial charge in [0.15, 0.2) is 0 Å². The zero-order chi connectivity index (χ0) is 12.1. The van der Waals surface area contributed by atoms with Crippen LogP contribution in [0.25, 0.3) is 0 Å². The topological polar surface area (TPSA) is 0 Å². The van der Waals surface area contributed by atoms with Gasteiger partial charge in [0, 0.05) is 41.9 Å². The normalized spacial score (nSPS) is 8.25. The molecular weight excluding hydrogens is 321 g/mol. The van der Waals surface area contributed by atoms with Crippen LogP contribution in [0.2, 0.25) is 0 Å². The Morgan fingerprint density at radius 2 is 1.44 bits per heavy atom. The monoisotopic (exact) mass is 334 g/mol. The molecule has 0 unspecified atom stereocenters. The minimum Gasteiger partial charge on any atom is -0.237 e. The van der Waals surface area contributed by atoms with Crippen molar-refractivity contribution in [3.05, 3.63) is 0 Å². The molecule has 0 aliphatic rings. The number of alkyl halides is 2. The van der Waals surface area contributed by atoms with Crippen molar-refractivity contribution in [1.29, 1.82) is 0 Å². The average Bonchev–Trinajstić information content (AvgIpc) is 2.29. The number of halogens is 3. The van der Waals surface area contributed by atoms with Crippen molar-refractivity contribution in [3.63, 3.8) is 0 Å². The third-order valence-electron chi connectivity index (χ3n) is 1.91. The molecule has 0 aromatic heterocycles. The predicted molar refractivity (Wildman–Crippen MR) is 71.3 cm³/mol. The van der Waals surface area contributed by atoms with Crippen LogP contribution in [-0.4, -0.2) is 13.3 Å². The van der Waals surface area contributed by atoms with Gasteiger partial charge in [0.25, 0.3) is 0 Å². The van der Waals surface area contributed by atoms with E-state index in [9.17, 15) is 8.78 Å². The summed E-state index contributed by atoms with van der Waals surface area (Å²) in [5.74, 6) is 13.5. The van der Waals surface area contributed by atoms with Crippen molar-refractivity contribution in [3.8, 4) is 33.5 Å². The largest absolute Gasteiger partial charge is 0.237 e. The summed E-state index contributed by atoms with van der Waals surface area (Å²) in [5, 5.41) is 0. The van der Waals surface area contributed by atoms with Gasteiger partial charge in [-0.15, -0.1) is 11.8 Å². The molecule has 0 aromatic rings. The Morgan fingerprint density at radius 1 is 0.875 bits per heavy atom. The molecule has 0 atom stereocenters. The fraction of sp³-hybridized carbons (Fsp3) is 0.538. The predicted octanol–water partition coefficient (Wildman–Crippen LogP) is 3.50. The molecule has 0 aliphatic heterocycles. The van der Waals surface area contributed by atoms with Crippen molar-refractivity contribution in [1.82, 2.24) is 0 Å². The Kier molecular flexibility index (Phi) is 11.8. The maximum absolute atomic E-state index is 11.8.